The van der Waals surface area contributed by atoms with Crippen LogP contribution >= 0.6 is 0 Å². The van der Waals surface area contributed by atoms with Gasteiger partial charge in [-0.25, -0.2) is 0 Å². The average molecular weight is 323 g/mol. The molecule has 5 nitrogen and oxygen atoms in total. The lowest BCUT2D eigenvalue weighted by atomic mass is 10.1. The summed E-state index contributed by atoms with van der Waals surface area (Å²) in [5.41, 5.74) is 2.84. The van der Waals surface area contributed by atoms with Crippen LogP contribution in [0.15, 0.2) is 48.5 Å². The van der Waals surface area contributed by atoms with E-state index in [0.717, 1.165) is 12.1 Å². The van der Waals surface area contributed by atoms with Crippen LogP contribution in [0.3, 0.4) is 0 Å². The number of benzene rings is 2. The summed E-state index contributed by atoms with van der Waals surface area (Å²) in [6.07, 6.45) is 0. The monoisotopic (exact) mass is 323 g/mol. The zero-order valence-corrected chi connectivity index (χ0v) is 14.0. The zero-order valence-electron chi connectivity index (χ0n) is 14.0. The Hall–Kier alpha value is -2.84. The van der Waals surface area contributed by atoms with Crippen LogP contribution in [-0.2, 0) is 17.9 Å². The minimum absolute atomic E-state index is 0.0510. The topological polar surface area (TPSA) is 65.4 Å². The number of carbonyl (C=O) groups is 1. The smallest absolute Gasteiger partial charge is 0.258 e. The molecule has 1 amide bonds. The predicted octanol–water partition coefficient (Wildman–Crippen LogP) is 2.32. The van der Waals surface area contributed by atoms with E-state index < -0.39 is 0 Å². The quantitative estimate of drug-likeness (QED) is 0.849. The molecule has 0 aliphatic carbocycles. The van der Waals surface area contributed by atoms with Gasteiger partial charge in [-0.3, -0.25) is 4.79 Å². The molecule has 0 aromatic heterocycles. The zero-order chi connectivity index (χ0) is 17.4. The van der Waals surface area contributed by atoms with Gasteiger partial charge in [0.2, 0.25) is 0 Å². The Balaban J connectivity index is 1.75. The second kappa shape index (κ2) is 8.70. The van der Waals surface area contributed by atoms with Crippen molar-refractivity contribution in [2.24, 2.45) is 0 Å². The fourth-order valence-electron chi connectivity index (χ4n) is 2.15. The number of nitrogens with zero attached hydrogens (tertiary/aromatic N) is 2. The van der Waals surface area contributed by atoms with E-state index in [1.807, 2.05) is 32.3 Å². The van der Waals surface area contributed by atoms with E-state index >= 15 is 0 Å². The molecule has 0 saturated carbocycles. The van der Waals surface area contributed by atoms with Crippen molar-refractivity contribution in [3.63, 3.8) is 0 Å². The molecule has 0 atom stereocenters. The highest BCUT2D eigenvalue weighted by atomic mass is 16.5. The summed E-state index contributed by atoms with van der Waals surface area (Å²) in [4.78, 5) is 13.9. The molecule has 0 aliphatic rings. The highest BCUT2D eigenvalue weighted by Gasteiger charge is 2.03. The molecular formula is C19H21N3O2. The van der Waals surface area contributed by atoms with E-state index in [2.05, 4.69) is 22.3 Å². The molecule has 0 radical (unpaired) electrons. The number of rotatable bonds is 7. The predicted molar refractivity (Wildman–Crippen MR) is 92.3 cm³/mol. The van der Waals surface area contributed by atoms with Crippen LogP contribution in [0.5, 0.6) is 5.75 Å². The Morgan fingerprint density at radius 3 is 2.29 bits per heavy atom. The van der Waals surface area contributed by atoms with E-state index in [9.17, 15) is 4.79 Å². The van der Waals surface area contributed by atoms with Gasteiger partial charge in [0.25, 0.3) is 5.91 Å². The standard InChI is InChI=1S/C19H21N3O2/c1-22(2)13-17-5-3-16(4-6-17)12-21-19(23)14-24-18-9-7-15(11-20)8-10-18/h3-10H,12-14H2,1-2H3,(H,21,23). The average Bonchev–Trinajstić information content (AvgIpc) is 2.59. The van der Waals surface area contributed by atoms with Crippen molar-refractivity contribution in [3.8, 4) is 11.8 Å². The van der Waals surface area contributed by atoms with Gasteiger partial charge in [0.15, 0.2) is 6.61 Å². The maximum atomic E-state index is 11.8. The molecule has 2 aromatic rings. The van der Waals surface area contributed by atoms with Crippen molar-refractivity contribution in [2.75, 3.05) is 20.7 Å². The molecule has 1 N–H and O–H groups in total. The normalized spacial score (nSPS) is 10.2. The number of nitriles is 1. The van der Waals surface area contributed by atoms with Crippen molar-refractivity contribution >= 4 is 5.91 Å². The third kappa shape index (κ3) is 5.75. The number of ether oxygens (including phenoxy) is 1. The molecule has 124 valence electrons. The summed E-state index contributed by atoms with van der Waals surface area (Å²) >= 11 is 0. The fraction of sp³-hybridized carbons (Fsp3) is 0.263. The maximum absolute atomic E-state index is 11.8. The van der Waals surface area contributed by atoms with Crippen molar-refractivity contribution in [2.45, 2.75) is 13.1 Å². The highest BCUT2D eigenvalue weighted by molar-refractivity contribution is 5.77. The SMILES string of the molecule is CN(C)Cc1ccc(CNC(=O)COc2ccc(C#N)cc2)cc1. The van der Waals surface area contributed by atoms with Gasteiger partial charge >= 0.3 is 0 Å². The molecule has 24 heavy (non-hydrogen) atoms. The van der Waals surface area contributed by atoms with E-state index in [4.69, 9.17) is 10.00 Å². The van der Waals surface area contributed by atoms with Crippen molar-refractivity contribution in [3.05, 3.63) is 65.2 Å². The van der Waals surface area contributed by atoms with Gasteiger partial charge in [-0.2, -0.15) is 5.26 Å². The van der Waals surface area contributed by atoms with Gasteiger partial charge in [0.1, 0.15) is 5.75 Å². The Morgan fingerprint density at radius 2 is 1.71 bits per heavy atom. The Labute approximate surface area is 142 Å². The van der Waals surface area contributed by atoms with Crippen molar-refractivity contribution in [1.29, 1.82) is 5.26 Å². The first-order valence-corrected chi connectivity index (χ1v) is 7.69. The first kappa shape index (κ1) is 17.5. The minimum Gasteiger partial charge on any atom is -0.484 e. The van der Waals surface area contributed by atoms with Gasteiger partial charge in [-0.1, -0.05) is 24.3 Å². The molecule has 5 heteroatoms. The molecule has 0 heterocycles. The summed E-state index contributed by atoms with van der Waals surface area (Å²) in [5, 5.41) is 11.6. The van der Waals surface area contributed by atoms with Crippen molar-refractivity contribution < 1.29 is 9.53 Å². The number of hydrogen-bond acceptors (Lipinski definition) is 4. The van der Waals surface area contributed by atoms with Crippen molar-refractivity contribution in [1.82, 2.24) is 10.2 Å². The number of nitrogens with one attached hydrogen (secondary N) is 1. The molecule has 0 saturated heterocycles. The second-order valence-corrected chi connectivity index (χ2v) is 5.76. The number of carbonyl (C=O) groups excluding carboxylic acids is 1. The molecule has 2 rings (SSSR count). The van der Waals surface area contributed by atoms with Crippen LogP contribution in [0.4, 0.5) is 0 Å². The van der Waals surface area contributed by atoms with Crippen LogP contribution in [0.25, 0.3) is 0 Å². The second-order valence-electron chi connectivity index (χ2n) is 5.76. The van der Waals surface area contributed by atoms with E-state index in [0.29, 0.717) is 17.9 Å². The first-order chi connectivity index (χ1) is 11.6. The lowest BCUT2D eigenvalue weighted by Gasteiger charge is -2.11. The van der Waals surface area contributed by atoms with E-state index in [1.54, 1.807) is 24.3 Å². The fourth-order valence-corrected chi connectivity index (χ4v) is 2.15. The molecule has 0 spiro atoms. The molecule has 0 fully saturated rings. The summed E-state index contributed by atoms with van der Waals surface area (Å²) in [6, 6.07) is 16.9. The maximum Gasteiger partial charge on any atom is 0.258 e. The summed E-state index contributed by atoms with van der Waals surface area (Å²) in [7, 11) is 4.06. The summed E-state index contributed by atoms with van der Waals surface area (Å²) < 4.78 is 5.39. The Bertz CT molecular complexity index is 701. The van der Waals surface area contributed by atoms with Crippen LogP contribution in [0.2, 0.25) is 0 Å². The van der Waals surface area contributed by atoms with Crippen LogP contribution in [-0.4, -0.2) is 31.5 Å². The van der Waals surface area contributed by atoms with E-state index in [-0.39, 0.29) is 12.5 Å². The molecule has 0 aliphatic heterocycles. The molecule has 0 unspecified atom stereocenters. The van der Waals surface area contributed by atoms with Crippen LogP contribution in [0.1, 0.15) is 16.7 Å². The van der Waals surface area contributed by atoms with Gasteiger partial charge in [-0.05, 0) is 49.5 Å². The first-order valence-electron chi connectivity index (χ1n) is 7.69. The lowest BCUT2D eigenvalue weighted by Crippen LogP contribution is -2.28. The third-order valence-electron chi connectivity index (χ3n) is 3.36. The van der Waals surface area contributed by atoms with E-state index in [1.165, 1.54) is 5.56 Å². The van der Waals surface area contributed by atoms with Crippen LogP contribution < -0.4 is 10.1 Å². The molecular weight excluding hydrogens is 302 g/mol. The van der Waals surface area contributed by atoms with Gasteiger partial charge in [-0.15, -0.1) is 0 Å². The lowest BCUT2D eigenvalue weighted by molar-refractivity contribution is -0.123. The molecule has 0 bridgehead atoms. The highest BCUT2D eigenvalue weighted by Crippen LogP contribution is 2.11. The Kier molecular flexibility index (Phi) is 6.35. The summed E-state index contributed by atoms with van der Waals surface area (Å²) in [5.74, 6) is 0.383. The Morgan fingerprint density at radius 1 is 1.08 bits per heavy atom. The van der Waals surface area contributed by atoms with Gasteiger partial charge in [0, 0.05) is 13.1 Å². The summed E-state index contributed by atoms with van der Waals surface area (Å²) in [6.45, 7) is 1.31. The minimum atomic E-state index is -0.184. The largest absolute Gasteiger partial charge is 0.484 e. The van der Waals surface area contributed by atoms with Crippen LogP contribution in [0, 0.1) is 11.3 Å². The molecule has 2 aromatic carbocycles. The van der Waals surface area contributed by atoms with Gasteiger partial charge in [0.05, 0.1) is 11.6 Å². The third-order valence-corrected chi connectivity index (χ3v) is 3.36. The number of hydrogen-bond donors (Lipinski definition) is 1. The number of amides is 1. The van der Waals surface area contributed by atoms with Gasteiger partial charge < -0.3 is 15.0 Å².